The van der Waals surface area contributed by atoms with Crippen molar-refractivity contribution in [3.05, 3.63) is 11.9 Å². The van der Waals surface area contributed by atoms with Crippen molar-refractivity contribution < 1.29 is 22.3 Å². The van der Waals surface area contributed by atoms with Gasteiger partial charge in [0.2, 0.25) is 10.0 Å². The lowest BCUT2D eigenvalue weighted by Gasteiger charge is -2.10. The summed E-state index contributed by atoms with van der Waals surface area (Å²) >= 11 is 0. The highest BCUT2D eigenvalue weighted by molar-refractivity contribution is 7.89. The average molecular weight is 255 g/mol. The monoisotopic (exact) mass is 255 g/mol. The molecule has 0 saturated heterocycles. The summed E-state index contributed by atoms with van der Waals surface area (Å²) < 4.78 is 48.7. The van der Waals surface area contributed by atoms with Crippen LogP contribution in [0.1, 0.15) is 5.69 Å². The van der Waals surface area contributed by atoms with Gasteiger partial charge in [-0.05, 0) is 6.92 Å². The van der Waals surface area contributed by atoms with E-state index in [2.05, 4.69) is 10.2 Å². The molecule has 92 valence electrons. The lowest BCUT2D eigenvalue weighted by Crippen LogP contribution is -2.35. The Morgan fingerprint density at radius 2 is 2.25 bits per heavy atom. The summed E-state index contributed by atoms with van der Waals surface area (Å²) in [5, 5.41) is 14.7. The number of nitrogens with one attached hydrogen (secondary N) is 2. The maximum atomic E-state index is 11.9. The maximum absolute atomic E-state index is 11.9. The Kier molecular flexibility index (Phi) is 3.94. The van der Waals surface area contributed by atoms with E-state index in [0.29, 0.717) is 5.69 Å². The SMILES string of the molecule is Cc1[nH]ncc1S(=O)(=O)NCC(O)C(F)F. The quantitative estimate of drug-likeness (QED) is 0.668. The zero-order valence-corrected chi connectivity index (χ0v) is 9.13. The van der Waals surface area contributed by atoms with Crippen LogP contribution < -0.4 is 4.72 Å². The highest BCUT2D eigenvalue weighted by Gasteiger charge is 2.23. The van der Waals surface area contributed by atoms with Gasteiger partial charge in [0, 0.05) is 6.54 Å². The molecule has 0 aliphatic heterocycles. The topological polar surface area (TPSA) is 95.1 Å². The Morgan fingerprint density at radius 1 is 1.62 bits per heavy atom. The first-order valence-corrected chi connectivity index (χ1v) is 5.78. The number of aliphatic hydroxyl groups excluding tert-OH is 1. The molecule has 3 N–H and O–H groups in total. The minimum absolute atomic E-state index is 0.131. The van der Waals surface area contributed by atoms with Gasteiger partial charge in [-0.25, -0.2) is 21.9 Å². The molecular weight excluding hydrogens is 244 g/mol. The number of aryl methyl sites for hydroxylation is 1. The second-order valence-corrected chi connectivity index (χ2v) is 4.85. The van der Waals surface area contributed by atoms with Crippen LogP contribution in [0.3, 0.4) is 0 Å². The maximum Gasteiger partial charge on any atom is 0.265 e. The fourth-order valence-corrected chi connectivity index (χ4v) is 2.16. The number of aromatic nitrogens is 2. The van der Waals surface area contributed by atoms with Crippen LogP contribution in [0.5, 0.6) is 0 Å². The first kappa shape index (κ1) is 13.0. The highest BCUT2D eigenvalue weighted by Crippen LogP contribution is 2.10. The standard InChI is InChI=1S/C7H11F2N3O3S/c1-4-6(3-10-12-4)16(14,15)11-2-5(13)7(8)9/h3,5,7,11,13H,2H2,1H3,(H,10,12). The van der Waals surface area contributed by atoms with Gasteiger partial charge in [0.1, 0.15) is 11.0 Å². The lowest BCUT2D eigenvalue weighted by atomic mass is 10.4. The predicted octanol–water partition coefficient (Wildman–Crippen LogP) is -0.378. The molecule has 0 aromatic carbocycles. The summed E-state index contributed by atoms with van der Waals surface area (Å²) in [6.45, 7) is 0.732. The van der Waals surface area contributed by atoms with Crippen LogP contribution in [0.4, 0.5) is 8.78 Å². The average Bonchev–Trinajstić information content (AvgIpc) is 2.61. The van der Waals surface area contributed by atoms with Crippen LogP contribution in [-0.2, 0) is 10.0 Å². The highest BCUT2D eigenvalue weighted by atomic mass is 32.2. The lowest BCUT2D eigenvalue weighted by molar-refractivity contribution is -0.000452. The van der Waals surface area contributed by atoms with E-state index in [4.69, 9.17) is 5.11 Å². The minimum Gasteiger partial charge on any atom is -0.386 e. The molecule has 1 rings (SSSR count). The van der Waals surface area contributed by atoms with Crippen LogP contribution in [0.2, 0.25) is 0 Å². The van der Waals surface area contributed by atoms with Crippen molar-refractivity contribution in [1.82, 2.24) is 14.9 Å². The minimum atomic E-state index is -3.91. The third-order valence-electron chi connectivity index (χ3n) is 1.85. The molecule has 1 aromatic heterocycles. The number of hydrogen-bond donors (Lipinski definition) is 3. The van der Waals surface area contributed by atoms with Crippen molar-refractivity contribution in [2.45, 2.75) is 24.3 Å². The molecule has 1 atom stereocenters. The van der Waals surface area contributed by atoms with E-state index in [0.717, 1.165) is 6.20 Å². The summed E-state index contributed by atoms with van der Waals surface area (Å²) in [6.07, 6.45) is -3.96. The van der Waals surface area contributed by atoms with Crippen LogP contribution >= 0.6 is 0 Å². The van der Waals surface area contributed by atoms with E-state index in [-0.39, 0.29) is 4.90 Å². The van der Waals surface area contributed by atoms with Crippen LogP contribution in [-0.4, -0.2) is 42.8 Å². The third-order valence-corrected chi connectivity index (χ3v) is 3.38. The Balaban J connectivity index is 2.71. The zero-order valence-electron chi connectivity index (χ0n) is 8.31. The number of sulfonamides is 1. The van der Waals surface area contributed by atoms with Gasteiger partial charge >= 0.3 is 0 Å². The van der Waals surface area contributed by atoms with E-state index in [1.807, 2.05) is 4.72 Å². The molecule has 1 unspecified atom stereocenters. The van der Waals surface area contributed by atoms with Crippen molar-refractivity contribution >= 4 is 10.0 Å². The summed E-state index contributed by atoms with van der Waals surface area (Å²) in [5.41, 5.74) is 0.291. The second kappa shape index (κ2) is 4.85. The first-order valence-electron chi connectivity index (χ1n) is 4.30. The largest absolute Gasteiger partial charge is 0.386 e. The Morgan fingerprint density at radius 3 is 2.69 bits per heavy atom. The van der Waals surface area contributed by atoms with Gasteiger partial charge in [-0.3, -0.25) is 5.10 Å². The Bertz CT molecular complexity index is 445. The van der Waals surface area contributed by atoms with E-state index in [9.17, 15) is 17.2 Å². The van der Waals surface area contributed by atoms with E-state index in [1.165, 1.54) is 6.92 Å². The van der Waals surface area contributed by atoms with Crippen LogP contribution in [0.25, 0.3) is 0 Å². The van der Waals surface area contributed by atoms with Gasteiger partial charge in [-0.2, -0.15) is 5.10 Å². The summed E-state index contributed by atoms with van der Waals surface area (Å²) in [7, 11) is -3.91. The van der Waals surface area contributed by atoms with Crippen molar-refractivity contribution in [2.75, 3.05) is 6.54 Å². The predicted molar refractivity (Wildman–Crippen MR) is 50.5 cm³/mol. The summed E-state index contributed by atoms with van der Waals surface area (Å²) in [4.78, 5) is -0.131. The summed E-state index contributed by atoms with van der Waals surface area (Å²) in [6, 6.07) is 0. The van der Waals surface area contributed by atoms with Gasteiger partial charge in [0.25, 0.3) is 6.43 Å². The normalized spacial score (nSPS) is 14.3. The molecule has 0 aliphatic carbocycles. The smallest absolute Gasteiger partial charge is 0.265 e. The van der Waals surface area contributed by atoms with Gasteiger partial charge < -0.3 is 5.11 Å². The second-order valence-electron chi connectivity index (χ2n) is 3.11. The van der Waals surface area contributed by atoms with Crippen molar-refractivity contribution in [1.29, 1.82) is 0 Å². The van der Waals surface area contributed by atoms with Gasteiger partial charge in [0.15, 0.2) is 0 Å². The molecule has 0 fully saturated rings. The third kappa shape index (κ3) is 2.97. The number of aromatic amines is 1. The van der Waals surface area contributed by atoms with E-state index >= 15 is 0 Å². The molecule has 1 heterocycles. The molecule has 0 bridgehead atoms. The number of alkyl halides is 2. The van der Waals surface area contributed by atoms with Gasteiger partial charge in [0.05, 0.1) is 11.9 Å². The molecule has 6 nitrogen and oxygen atoms in total. The molecule has 0 radical (unpaired) electrons. The molecular formula is C7H11F2N3O3S. The number of halogens is 2. The number of nitrogens with zero attached hydrogens (tertiary/aromatic N) is 1. The zero-order chi connectivity index (χ0) is 12.3. The van der Waals surface area contributed by atoms with Gasteiger partial charge in [-0.1, -0.05) is 0 Å². The molecule has 0 aliphatic rings. The van der Waals surface area contributed by atoms with Crippen molar-refractivity contribution in [3.8, 4) is 0 Å². The number of aliphatic hydroxyl groups is 1. The first-order chi connectivity index (χ1) is 7.34. The fraction of sp³-hybridized carbons (Fsp3) is 0.571. The fourth-order valence-electron chi connectivity index (χ4n) is 0.973. The Labute approximate surface area is 90.7 Å². The number of rotatable bonds is 5. The summed E-state index contributed by atoms with van der Waals surface area (Å²) in [5.74, 6) is 0. The molecule has 0 saturated carbocycles. The van der Waals surface area contributed by atoms with E-state index in [1.54, 1.807) is 0 Å². The molecule has 16 heavy (non-hydrogen) atoms. The van der Waals surface area contributed by atoms with Crippen molar-refractivity contribution in [2.24, 2.45) is 0 Å². The van der Waals surface area contributed by atoms with Crippen LogP contribution in [0.15, 0.2) is 11.1 Å². The molecule has 1 aromatic rings. The molecule has 0 spiro atoms. The molecule has 0 amide bonds. The Hall–Kier alpha value is -1.06. The number of H-pyrrole nitrogens is 1. The van der Waals surface area contributed by atoms with Gasteiger partial charge in [-0.15, -0.1) is 0 Å². The number of hydrogen-bond acceptors (Lipinski definition) is 4. The van der Waals surface area contributed by atoms with Crippen molar-refractivity contribution in [3.63, 3.8) is 0 Å². The van der Waals surface area contributed by atoms with Crippen LogP contribution in [0, 0.1) is 6.92 Å². The van der Waals surface area contributed by atoms with E-state index < -0.39 is 29.1 Å². The molecule has 9 heteroatoms.